The van der Waals surface area contributed by atoms with E-state index >= 15 is 0 Å². The van der Waals surface area contributed by atoms with Crippen LogP contribution in [0.4, 0.5) is 20.2 Å². The molecule has 31 heavy (non-hydrogen) atoms. The monoisotopic (exact) mass is 466 g/mol. The Labute approximate surface area is 182 Å². The summed E-state index contributed by atoms with van der Waals surface area (Å²) in [6.45, 7) is 0. The Morgan fingerprint density at radius 2 is 1.77 bits per heavy atom. The van der Waals surface area contributed by atoms with Gasteiger partial charge in [0.1, 0.15) is 17.4 Å². The van der Waals surface area contributed by atoms with Crippen LogP contribution in [0.3, 0.4) is 0 Å². The zero-order valence-electron chi connectivity index (χ0n) is 16.2. The number of benzene rings is 3. The maximum Gasteiger partial charge on any atom is 0.262 e. The third kappa shape index (κ3) is 5.50. The standard InChI is InChI=1S/C21H17ClF2N2O4S/c1-30-20-10-7-14(25-21(27)12-16-17(22)3-2-4-18(16)24)11-19(20)26-31(28,29)15-8-5-13(23)6-9-15/h2-11,26H,12H2,1H3,(H,25,27). The lowest BCUT2D eigenvalue weighted by atomic mass is 10.1. The van der Waals surface area contributed by atoms with Crippen molar-refractivity contribution in [3.05, 3.63) is 82.9 Å². The van der Waals surface area contributed by atoms with Crippen molar-refractivity contribution in [2.24, 2.45) is 0 Å². The van der Waals surface area contributed by atoms with Gasteiger partial charge in [0.2, 0.25) is 5.91 Å². The van der Waals surface area contributed by atoms with Crippen molar-refractivity contribution in [3.63, 3.8) is 0 Å². The number of sulfonamides is 1. The second-order valence-corrected chi connectivity index (χ2v) is 8.49. The SMILES string of the molecule is COc1ccc(NC(=O)Cc2c(F)cccc2Cl)cc1NS(=O)(=O)c1ccc(F)cc1. The zero-order chi connectivity index (χ0) is 22.6. The smallest absolute Gasteiger partial charge is 0.262 e. The molecule has 0 fully saturated rings. The fourth-order valence-corrected chi connectivity index (χ4v) is 4.04. The Balaban J connectivity index is 1.82. The number of halogens is 3. The molecule has 0 aliphatic carbocycles. The van der Waals surface area contributed by atoms with Crippen molar-refractivity contribution in [2.75, 3.05) is 17.1 Å². The number of carbonyl (C=O) groups excluding carboxylic acids is 1. The lowest BCUT2D eigenvalue weighted by molar-refractivity contribution is -0.115. The molecule has 0 spiro atoms. The summed E-state index contributed by atoms with van der Waals surface area (Å²) in [6.07, 6.45) is -0.311. The number of anilines is 2. The van der Waals surface area contributed by atoms with Crippen LogP contribution in [0.15, 0.2) is 65.6 Å². The normalized spacial score (nSPS) is 11.1. The second-order valence-electron chi connectivity index (χ2n) is 6.40. The third-order valence-corrected chi connectivity index (χ3v) is 5.99. The van der Waals surface area contributed by atoms with Gasteiger partial charge >= 0.3 is 0 Å². The highest BCUT2D eigenvalue weighted by Crippen LogP contribution is 2.30. The average molecular weight is 467 g/mol. The molecule has 0 atom stereocenters. The van der Waals surface area contributed by atoms with Crippen LogP contribution in [-0.2, 0) is 21.2 Å². The molecule has 0 radical (unpaired) electrons. The molecular weight excluding hydrogens is 450 g/mol. The van der Waals surface area contributed by atoms with Crippen LogP contribution >= 0.6 is 11.6 Å². The Morgan fingerprint density at radius 3 is 2.42 bits per heavy atom. The molecule has 0 saturated heterocycles. The van der Waals surface area contributed by atoms with E-state index in [0.29, 0.717) is 0 Å². The van der Waals surface area contributed by atoms with Crippen LogP contribution < -0.4 is 14.8 Å². The summed E-state index contributed by atoms with van der Waals surface area (Å²) in [7, 11) is -2.69. The highest BCUT2D eigenvalue weighted by molar-refractivity contribution is 7.92. The largest absolute Gasteiger partial charge is 0.495 e. The zero-order valence-corrected chi connectivity index (χ0v) is 17.7. The molecule has 0 saturated carbocycles. The Morgan fingerprint density at radius 1 is 1.06 bits per heavy atom. The number of nitrogens with one attached hydrogen (secondary N) is 2. The van der Waals surface area contributed by atoms with Crippen LogP contribution in [0.1, 0.15) is 5.56 Å². The number of hydrogen-bond donors (Lipinski definition) is 2. The van der Waals surface area contributed by atoms with Crippen LogP contribution in [0, 0.1) is 11.6 Å². The van der Waals surface area contributed by atoms with Gasteiger partial charge in [0.05, 0.1) is 24.1 Å². The number of ether oxygens (including phenoxy) is 1. The van der Waals surface area contributed by atoms with Gasteiger partial charge in [0.15, 0.2) is 0 Å². The molecule has 2 N–H and O–H groups in total. The highest BCUT2D eigenvalue weighted by Gasteiger charge is 2.18. The molecule has 3 aromatic carbocycles. The van der Waals surface area contributed by atoms with E-state index in [4.69, 9.17) is 16.3 Å². The van der Waals surface area contributed by atoms with Crippen LogP contribution in [-0.4, -0.2) is 21.4 Å². The number of carbonyl (C=O) groups is 1. The molecule has 3 aromatic rings. The van der Waals surface area contributed by atoms with E-state index in [1.165, 1.54) is 43.5 Å². The van der Waals surface area contributed by atoms with Gasteiger partial charge in [-0.2, -0.15) is 0 Å². The molecule has 0 aliphatic heterocycles. The van der Waals surface area contributed by atoms with Crippen molar-refractivity contribution in [1.82, 2.24) is 0 Å². The molecule has 0 aliphatic rings. The van der Waals surface area contributed by atoms with Gasteiger partial charge in [-0.15, -0.1) is 0 Å². The summed E-state index contributed by atoms with van der Waals surface area (Å²) in [5.41, 5.74) is 0.344. The summed E-state index contributed by atoms with van der Waals surface area (Å²) in [6, 6.07) is 12.7. The first kappa shape index (κ1) is 22.5. The molecule has 3 rings (SSSR count). The minimum atomic E-state index is -4.04. The van der Waals surface area contributed by atoms with E-state index in [9.17, 15) is 22.0 Å². The predicted molar refractivity (Wildman–Crippen MR) is 114 cm³/mol. The van der Waals surface area contributed by atoms with E-state index in [0.717, 1.165) is 24.3 Å². The van der Waals surface area contributed by atoms with Gasteiger partial charge < -0.3 is 10.1 Å². The molecule has 1 amide bonds. The first-order valence-electron chi connectivity index (χ1n) is 8.89. The quantitative estimate of drug-likeness (QED) is 0.532. The third-order valence-electron chi connectivity index (χ3n) is 4.25. The summed E-state index contributed by atoms with van der Waals surface area (Å²) >= 11 is 5.95. The molecule has 6 nitrogen and oxygen atoms in total. The lowest BCUT2D eigenvalue weighted by Gasteiger charge is -2.14. The van der Waals surface area contributed by atoms with Crippen LogP contribution in [0.2, 0.25) is 5.02 Å². The van der Waals surface area contributed by atoms with Gasteiger partial charge in [0.25, 0.3) is 10.0 Å². The topological polar surface area (TPSA) is 84.5 Å². The Kier molecular flexibility index (Phi) is 6.77. The van der Waals surface area contributed by atoms with Gasteiger partial charge in [0, 0.05) is 16.3 Å². The number of rotatable bonds is 7. The second kappa shape index (κ2) is 9.32. The summed E-state index contributed by atoms with van der Waals surface area (Å²) in [5.74, 6) is -1.54. The Hall–Kier alpha value is -3.17. The van der Waals surface area contributed by atoms with E-state index < -0.39 is 27.6 Å². The first-order valence-corrected chi connectivity index (χ1v) is 10.7. The Bertz CT molecular complexity index is 1200. The molecule has 0 bridgehead atoms. The van der Waals surface area contributed by atoms with Crippen molar-refractivity contribution >= 4 is 38.9 Å². The number of methoxy groups -OCH3 is 1. The number of amides is 1. The fourth-order valence-electron chi connectivity index (χ4n) is 2.75. The molecule has 0 heterocycles. The van der Waals surface area contributed by atoms with Crippen LogP contribution in [0.25, 0.3) is 0 Å². The fraction of sp³-hybridized carbons (Fsp3) is 0.0952. The highest BCUT2D eigenvalue weighted by atomic mass is 35.5. The number of hydrogen-bond acceptors (Lipinski definition) is 4. The predicted octanol–water partition coefficient (Wildman–Crippen LogP) is 4.61. The minimum Gasteiger partial charge on any atom is -0.495 e. The van der Waals surface area contributed by atoms with Crippen molar-refractivity contribution in [3.8, 4) is 5.75 Å². The van der Waals surface area contributed by atoms with Gasteiger partial charge in [-0.25, -0.2) is 17.2 Å². The average Bonchev–Trinajstić information content (AvgIpc) is 2.71. The molecule has 10 heteroatoms. The summed E-state index contributed by atoms with van der Waals surface area (Å²) < 4.78 is 59.7. The van der Waals surface area contributed by atoms with E-state index in [-0.39, 0.29) is 39.0 Å². The van der Waals surface area contributed by atoms with E-state index in [2.05, 4.69) is 10.0 Å². The van der Waals surface area contributed by atoms with Crippen molar-refractivity contribution in [2.45, 2.75) is 11.3 Å². The maximum atomic E-state index is 13.9. The van der Waals surface area contributed by atoms with Crippen molar-refractivity contribution in [1.29, 1.82) is 0 Å². The molecule has 0 aromatic heterocycles. The first-order chi connectivity index (χ1) is 14.7. The summed E-state index contributed by atoms with van der Waals surface area (Å²) in [5, 5.41) is 2.69. The van der Waals surface area contributed by atoms with Crippen LogP contribution in [0.5, 0.6) is 5.75 Å². The van der Waals surface area contributed by atoms with Gasteiger partial charge in [-0.05, 0) is 54.6 Å². The minimum absolute atomic E-state index is 0.0485. The molecule has 162 valence electrons. The van der Waals surface area contributed by atoms with Gasteiger partial charge in [-0.3, -0.25) is 9.52 Å². The maximum absolute atomic E-state index is 13.9. The molecular formula is C21H17ClF2N2O4S. The lowest BCUT2D eigenvalue weighted by Crippen LogP contribution is -2.17. The van der Waals surface area contributed by atoms with E-state index in [1.54, 1.807) is 0 Å². The summed E-state index contributed by atoms with van der Waals surface area (Å²) in [4.78, 5) is 12.2. The molecule has 0 unspecified atom stereocenters. The van der Waals surface area contributed by atoms with Gasteiger partial charge in [-0.1, -0.05) is 17.7 Å². The van der Waals surface area contributed by atoms with Crippen molar-refractivity contribution < 1.29 is 26.7 Å². The van der Waals surface area contributed by atoms with E-state index in [1.807, 2.05) is 0 Å².